The lowest BCUT2D eigenvalue weighted by atomic mass is 10.1. The maximum Gasteiger partial charge on any atom is 0.306 e. The first kappa shape index (κ1) is 14.4. The third kappa shape index (κ3) is 9.73. The average molecular weight is 216 g/mol. The van der Waals surface area contributed by atoms with E-state index >= 15 is 0 Å². The van der Waals surface area contributed by atoms with Crippen molar-refractivity contribution in [1.29, 1.82) is 0 Å². The number of hydrogen-bond acceptors (Lipinski definition) is 3. The van der Waals surface area contributed by atoms with Gasteiger partial charge in [-0.1, -0.05) is 32.6 Å². The van der Waals surface area contributed by atoms with E-state index in [4.69, 9.17) is 9.84 Å². The van der Waals surface area contributed by atoms with Gasteiger partial charge >= 0.3 is 5.97 Å². The van der Waals surface area contributed by atoms with E-state index in [1.807, 2.05) is 6.92 Å². The molecule has 0 rings (SSSR count). The standard InChI is InChI=1S/C12H24O3/c1-3-4-5-6-7-8-12(14)15-11(2)9-10-13/h11,13H,3-10H2,1-2H3. The van der Waals surface area contributed by atoms with Crippen LogP contribution in [0.5, 0.6) is 0 Å². The lowest BCUT2D eigenvalue weighted by Gasteiger charge is -2.11. The molecule has 1 unspecified atom stereocenters. The highest BCUT2D eigenvalue weighted by Crippen LogP contribution is 2.07. The summed E-state index contributed by atoms with van der Waals surface area (Å²) in [7, 11) is 0. The van der Waals surface area contributed by atoms with Crippen LogP contribution in [0.4, 0.5) is 0 Å². The lowest BCUT2D eigenvalue weighted by molar-refractivity contribution is -0.148. The molecular formula is C12H24O3. The van der Waals surface area contributed by atoms with E-state index in [-0.39, 0.29) is 18.7 Å². The molecule has 0 aromatic carbocycles. The van der Waals surface area contributed by atoms with Crippen molar-refractivity contribution >= 4 is 5.97 Å². The van der Waals surface area contributed by atoms with Crippen molar-refractivity contribution in [2.75, 3.05) is 6.61 Å². The third-order valence-corrected chi connectivity index (χ3v) is 2.35. The topological polar surface area (TPSA) is 46.5 Å². The number of esters is 1. The van der Waals surface area contributed by atoms with E-state index in [1.54, 1.807) is 0 Å². The molecule has 1 atom stereocenters. The number of ether oxygens (including phenoxy) is 1. The van der Waals surface area contributed by atoms with Crippen LogP contribution in [0.15, 0.2) is 0 Å². The van der Waals surface area contributed by atoms with Crippen LogP contribution in [0.25, 0.3) is 0 Å². The van der Waals surface area contributed by atoms with Gasteiger partial charge in [-0.15, -0.1) is 0 Å². The minimum Gasteiger partial charge on any atom is -0.463 e. The smallest absolute Gasteiger partial charge is 0.306 e. The Kier molecular flexibility index (Phi) is 9.59. The van der Waals surface area contributed by atoms with Crippen LogP contribution < -0.4 is 0 Å². The molecule has 0 aromatic heterocycles. The number of carbonyl (C=O) groups is 1. The lowest BCUT2D eigenvalue weighted by Crippen LogP contribution is -2.15. The van der Waals surface area contributed by atoms with E-state index in [0.29, 0.717) is 12.8 Å². The second-order valence-electron chi connectivity index (χ2n) is 3.98. The molecule has 3 nitrogen and oxygen atoms in total. The zero-order valence-corrected chi connectivity index (χ0v) is 10.00. The minimum absolute atomic E-state index is 0.0744. The summed E-state index contributed by atoms with van der Waals surface area (Å²) in [5, 5.41) is 8.63. The molecule has 0 radical (unpaired) electrons. The molecule has 1 N–H and O–H groups in total. The molecule has 0 aromatic rings. The Morgan fingerprint density at radius 3 is 2.53 bits per heavy atom. The normalized spacial score (nSPS) is 12.5. The second kappa shape index (κ2) is 9.97. The fourth-order valence-electron chi connectivity index (χ4n) is 1.40. The predicted octanol–water partition coefficient (Wildman–Crippen LogP) is 2.66. The quantitative estimate of drug-likeness (QED) is 0.476. The Morgan fingerprint density at radius 1 is 1.27 bits per heavy atom. The predicted molar refractivity (Wildman–Crippen MR) is 60.6 cm³/mol. The average Bonchev–Trinajstić information content (AvgIpc) is 2.17. The summed E-state index contributed by atoms with van der Waals surface area (Å²) in [5.41, 5.74) is 0. The highest BCUT2D eigenvalue weighted by Gasteiger charge is 2.08. The van der Waals surface area contributed by atoms with Gasteiger partial charge in [-0.05, 0) is 13.3 Å². The monoisotopic (exact) mass is 216 g/mol. The fourth-order valence-corrected chi connectivity index (χ4v) is 1.40. The molecule has 0 spiro atoms. The summed E-state index contributed by atoms with van der Waals surface area (Å²) < 4.78 is 5.10. The maximum absolute atomic E-state index is 11.3. The second-order valence-corrected chi connectivity index (χ2v) is 3.98. The number of unbranched alkanes of at least 4 members (excludes halogenated alkanes) is 4. The first-order valence-electron chi connectivity index (χ1n) is 6.01. The van der Waals surface area contributed by atoms with E-state index in [9.17, 15) is 4.79 Å². The zero-order chi connectivity index (χ0) is 11.5. The highest BCUT2D eigenvalue weighted by molar-refractivity contribution is 5.69. The van der Waals surface area contributed by atoms with Crippen LogP contribution in [-0.4, -0.2) is 23.8 Å². The summed E-state index contributed by atoms with van der Waals surface area (Å²) in [6.45, 7) is 4.06. The Hall–Kier alpha value is -0.570. The van der Waals surface area contributed by atoms with Gasteiger partial charge in [-0.3, -0.25) is 4.79 Å². The van der Waals surface area contributed by atoms with Crippen molar-refractivity contribution in [3.63, 3.8) is 0 Å². The van der Waals surface area contributed by atoms with E-state index in [1.165, 1.54) is 19.3 Å². The summed E-state index contributed by atoms with van der Waals surface area (Å²) in [6.07, 6.45) is 6.59. The van der Waals surface area contributed by atoms with Crippen LogP contribution in [-0.2, 0) is 9.53 Å². The molecule has 0 aliphatic carbocycles. The number of aliphatic hydroxyl groups is 1. The van der Waals surface area contributed by atoms with Crippen molar-refractivity contribution in [2.45, 2.75) is 64.9 Å². The van der Waals surface area contributed by atoms with Gasteiger partial charge in [0.15, 0.2) is 0 Å². The van der Waals surface area contributed by atoms with Gasteiger partial charge in [-0.2, -0.15) is 0 Å². The molecular weight excluding hydrogens is 192 g/mol. The molecule has 0 fully saturated rings. The van der Waals surface area contributed by atoms with Crippen molar-refractivity contribution in [3.05, 3.63) is 0 Å². The minimum atomic E-state index is -0.154. The van der Waals surface area contributed by atoms with Gasteiger partial charge in [0, 0.05) is 19.4 Å². The molecule has 0 bridgehead atoms. The molecule has 90 valence electrons. The fraction of sp³-hybridized carbons (Fsp3) is 0.917. The number of aliphatic hydroxyl groups excluding tert-OH is 1. The van der Waals surface area contributed by atoms with Crippen LogP contribution in [0, 0.1) is 0 Å². The van der Waals surface area contributed by atoms with Crippen molar-refractivity contribution in [2.24, 2.45) is 0 Å². The number of carbonyl (C=O) groups excluding carboxylic acids is 1. The maximum atomic E-state index is 11.3. The largest absolute Gasteiger partial charge is 0.463 e. The van der Waals surface area contributed by atoms with Crippen LogP contribution in [0.1, 0.15) is 58.8 Å². The summed E-state index contributed by atoms with van der Waals surface area (Å²) >= 11 is 0. The molecule has 0 saturated carbocycles. The van der Waals surface area contributed by atoms with Gasteiger partial charge in [0.05, 0.1) is 0 Å². The van der Waals surface area contributed by atoms with E-state index in [0.717, 1.165) is 12.8 Å². The Morgan fingerprint density at radius 2 is 1.93 bits per heavy atom. The summed E-state index contributed by atoms with van der Waals surface area (Å²) in [6, 6.07) is 0. The van der Waals surface area contributed by atoms with Crippen molar-refractivity contribution < 1.29 is 14.6 Å². The summed E-state index contributed by atoms with van der Waals surface area (Å²) in [4.78, 5) is 11.3. The van der Waals surface area contributed by atoms with Crippen molar-refractivity contribution in [1.82, 2.24) is 0 Å². The van der Waals surface area contributed by atoms with Crippen LogP contribution >= 0.6 is 0 Å². The van der Waals surface area contributed by atoms with Gasteiger partial charge in [0.1, 0.15) is 6.10 Å². The SMILES string of the molecule is CCCCCCCC(=O)OC(C)CCO. The van der Waals surface area contributed by atoms with E-state index < -0.39 is 0 Å². The van der Waals surface area contributed by atoms with Crippen molar-refractivity contribution in [3.8, 4) is 0 Å². The Balaban J connectivity index is 3.32. The van der Waals surface area contributed by atoms with Gasteiger partial charge in [-0.25, -0.2) is 0 Å². The highest BCUT2D eigenvalue weighted by atomic mass is 16.5. The van der Waals surface area contributed by atoms with Crippen LogP contribution in [0.3, 0.4) is 0 Å². The Bertz CT molecular complexity index is 157. The Labute approximate surface area is 92.8 Å². The molecule has 0 aliphatic rings. The molecule has 0 aliphatic heterocycles. The first-order chi connectivity index (χ1) is 7.20. The van der Waals surface area contributed by atoms with Gasteiger partial charge in [0.25, 0.3) is 0 Å². The molecule has 0 saturated heterocycles. The van der Waals surface area contributed by atoms with Gasteiger partial charge in [0.2, 0.25) is 0 Å². The first-order valence-corrected chi connectivity index (χ1v) is 6.01. The third-order valence-electron chi connectivity index (χ3n) is 2.35. The number of hydrogen-bond donors (Lipinski definition) is 1. The van der Waals surface area contributed by atoms with E-state index in [2.05, 4.69) is 6.92 Å². The van der Waals surface area contributed by atoms with Gasteiger partial charge < -0.3 is 9.84 Å². The number of rotatable bonds is 9. The molecule has 3 heteroatoms. The van der Waals surface area contributed by atoms with Crippen LogP contribution in [0.2, 0.25) is 0 Å². The molecule has 15 heavy (non-hydrogen) atoms. The zero-order valence-electron chi connectivity index (χ0n) is 10.00. The summed E-state index contributed by atoms with van der Waals surface area (Å²) in [5.74, 6) is -0.132. The molecule has 0 heterocycles. The molecule has 0 amide bonds.